The fourth-order valence-electron chi connectivity index (χ4n) is 3.29. The van der Waals surface area contributed by atoms with Crippen molar-refractivity contribution in [2.45, 2.75) is 20.5 Å². The van der Waals surface area contributed by atoms with Gasteiger partial charge in [0.2, 0.25) is 5.78 Å². The first-order valence-corrected chi connectivity index (χ1v) is 9.72. The van der Waals surface area contributed by atoms with Crippen LogP contribution >= 0.6 is 0 Å². The Morgan fingerprint density at radius 2 is 1.70 bits per heavy atom. The summed E-state index contributed by atoms with van der Waals surface area (Å²) < 4.78 is 30.1. The molecule has 0 radical (unpaired) electrons. The van der Waals surface area contributed by atoms with Crippen LogP contribution in [0.3, 0.4) is 0 Å². The molecule has 4 nitrogen and oxygen atoms in total. The summed E-state index contributed by atoms with van der Waals surface area (Å²) >= 11 is 0. The first-order chi connectivity index (χ1) is 14.5. The molecule has 3 aromatic rings. The zero-order chi connectivity index (χ0) is 21.1. The SMILES string of the molecule is CCOc1ccc(/C=C2\Oc3cc(OCc4ccc(F)cc4)cc(C)c3C2=O)cc1. The summed E-state index contributed by atoms with van der Waals surface area (Å²) in [5, 5.41) is 0. The molecular formula is C25H21FO4. The third kappa shape index (κ3) is 4.20. The van der Waals surface area contributed by atoms with Gasteiger partial charge in [0, 0.05) is 6.07 Å². The van der Waals surface area contributed by atoms with Crippen molar-refractivity contribution in [2.75, 3.05) is 6.61 Å². The Labute approximate surface area is 174 Å². The molecule has 0 unspecified atom stereocenters. The van der Waals surface area contributed by atoms with Gasteiger partial charge in [0.15, 0.2) is 5.76 Å². The molecule has 0 fully saturated rings. The molecule has 0 bridgehead atoms. The zero-order valence-electron chi connectivity index (χ0n) is 16.8. The zero-order valence-corrected chi connectivity index (χ0v) is 16.8. The van der Waals surface area contributed by atoms with Gasteiger partial charge in [0.05, 0.1) is 12.2 Å². The van der Waals surface area contributed by atoms with E-state index < -0.39 is 0 Å². The third-order valence-corrected chi connectivity index (χ3v) is 4.75. The van der Waals surface area contributed by atoms with Crippen LogP contribution in [0.25, 0.3) is 6.08 Å². The van der Waals surface area contributed by atoms with E-state index in [4.69, 9.17) is 14.2 Å². The van der Waals surface area contributed by atoms with Crippen molar-refractivity contribution in [1.82, 2.24) is 0 Å². The lowest BCUT2D eigenvalue weighted by Gasteiger charge is -2.09. The molecule has 30 heavy (non-hydrogen) atoms. The number of carbonyl (C=O) groups excluding carboxylic acids is 1. The molecule has 5 heteroatoms. The minimum Gasteiger partial charge on any atom is -0.494 e. The molecule has 152 valence electrons. The molecule has 0 aliphatic carbocycles. The molecule has 0 spiro atoms. The van der Waals surface area contributed by atoms with E-state index in [-0.39, 0.29) is 17.4 Å². The van der Waals surface area contributed by atoms with E-state index in [0.29, 0.717) is 30.3 Å². The van der Waals surface area contributed by atoms with Gasteiger partial charge in [-0.15, -0.1) is 0 Å². The predicted octanol–water partition coefficient (Wildman–Crippen LogP) is 5.73. The highest BCUT2D eigenvalue weighted by Crippen LogP contribution is 2.37. The van der Waals surface area contributed by atoms with Crippen molar-refractivity contribution in [2.24, 2.45) is 0 Å². The van der Waals surface area contributed by atoms with Crippen LogP contribution < -0.4 is 14.2 Å². The van der Waals surface area contributed by atoms with E-state index in [2.05, 4.69) is 0 Å². The third-order valence-electron chi connectivity index (χ3n) is 4.75. The fourth-order valence-corrected chi connectivity index (χ4v) is 3.29. The Hall–Kier alpha value is -3.60. The Bertz CT molecular complexity index is 1100. The number of ether oxygens (including phenoxy) is 3. The molecule has 0 N–H and O–H groups in total. The van der Waals surface area contributed by atoms with Crippen LogP contribution in [0.15, 0.2) is 66.4 Å². The highest BCUT2D eigenvalue weighted by atomic mass is 19.1. The van der Waals surface area contributed by atoms with Crippen LogP contribution in [0.2, 0.25) is 0 Å². The van der Waals surface area contributed by atoms with E-state index in [9.17, 15) is 9.18 Å². The van der Waals surface area contributed by atoms with Gasteiger partial charge in [-0.05, 0) is 66.9 Å². The molecule has 0 saturated heterocycles. The van der Waals surface area contributed by atoms with Gasteiger partial charge in [-0.25, -0.2) is 4.39 Å². The van der Waals surface area contributed by atoms with Crippen LogP contribution in [0.4, 0.5) is 4.39 Å². The van der Waals surface area contributed by atoms with Gasteiger partial charge in [-0.2, -0.15) is 0 Å². The number of aryl methyl sites for hydroxylation is 1. The Morgan fingerprint density at radius 1 is 0.967 bits per heavy atom. The van der Waals surface area contributed by atoms with E-state index in [1.807, 2.05) is 44.2 Å². The maximum Gasteiger partial charge on any atom is 0.232 e. The van der Waals surface area contributed by atoms with Gasteiger partial charge in [0.1, 0.15) is 29.7 Å². The van der Waals surface area contributed by atoms with Crippen LogP contribution in [0, 0.1) is 12.7 Å². The Balaban J connectivity index is 1.52. The summed E-state index contributed by atoms with van der Waals surface area (Å²) in [6, 6.07) is 17.1. The number of carbonyl (C=O) groups is 1. The van der Waals surface area contributed by atoms with Crippen molar-refractivity contribution in [3.63, 3.8) is 0 Å². The normalized spacial score (nSPS) is 13.8. The van der Waals surface area contributed by atoms with Crippen molar-refractivity contribution >= 4 is 11.9 Å². The number of rotatable bonds is 6. The molecule has 4 rings (SSSR count). The fraction of sp³-hybridized carbons (Fsp3) is 0.160. The maximum atomic E-state index is 13.0. The van der Waals surface area contributed by atoms with E-state index in [0.717, 1.165) is 22.4 Å². The highest BCUT2D eigenvalue weighted by molar-refractivity contribution is 6.15. The lowest BCUT2D eigenvalue weighted by atomic mass is 10.0. The molecule has 0 saturated carbocycles. The summed E-state index contributed by atoms with van der Waals surface area (Å²) in [6.45, 7) is 4.67. The monoisotopic (exact) mass is 404 g/mol. The maximum absolute atomic E-state index is 13.0. The Morgan fingerprint density at radius 3 is 2.40 bits per heavy atom. The van der Waals surface area contributed by atoms with Crippen LogP contribution in [0.5, 0.6) is 17.2 Å². The summed E-state index contributed by atoms with van der Waals surface area (Å²) in [7, 11) is 0. The first kappa shape index (κ1) is 19.7. The summed E-state index contributed by atoms with van der Waals surface area (Å²) in [5.74, 6) is 1.68. The Kier molecular flexibility index (Phi) is 5.53. The van der Waals surface area contributed by atoms with Crippen molar-refractivity contribution in [1.29, 1.82) is 0 Å². The van der Waals surface area contributed by atoms with Crippen molar-refractivity contribution < 1.29 is 23.4 Å². The highest BCUT2D eigenvalue weighted by Gasteiger charge is 2.30. The number of hydrogen-bond acceptors (Lipinski definition) is 4. The molecule has 0 aromatic heterocycles. The van der Waals surface area contributed by atoms with Crippen molar-refractivity contribution in [3.8, 4) is 17.2 Å². The molecular weight excluding hydrogens is 383 g/mol. The molecule has 3 aromatic carbocycles. The van der Waals surface area contributed by atoms with E-state index >= 15 is 0 Å². The number of benzene rings is 3. The second-order valence-electron chi connectivity index (χ2n) is 6.97. The van der Waals surface area contributed by atoms with E-state index in [1.165, 1.54) is 12.1 Å². The first-order valence-electron chi connectivity index (χ1n) is 9.72. The molecule has 0 atom stereocenters. The second kappa shape index (κ2) is 8.41. The summed E-state index contributed by atoms with van der Waals surface area (Å²) in [6.07, 6.45) is 1.72. The second-order valence-corrected chi connectivity index (χ2v) is 6.97. The lowest BCUT2D eigenvalue weighted by Crippen LogP contribution is -2.00. The van der Waals surface area contributed by atoms with Gasteiger partial charge in [0.25, 0.3) is 0 Å². The quantitative estimate of drug-likeness (QED) is 0.492. The minimum absolute atomic E-state index is 0.151. The number of fused-ring (bicyclic) bond motifs is 1. The average Bonchev–Trinajstić information content (AvgIpc) is 3.05. The summed E-state index contributed by atoms with van der Waals surface area (Å²) in [4.78, 5) is 12.8. The number of ketones is 1. The molecule has 1 aliphatic heterocycles. The van der Waals surface area contributed by atoms with Gasteiger partial charge in [-0.1, -0.05) is 24.3 Å². The molecule has 1 aliphatic rings. The topological polar surface area (TPSA) is 44.8 Å². The van der Waals surface area contributed by atoms with Crippen molar-refractivity contribution in [3.05, 3.63) is 94.5 Å². The summed E-state index contributed by atoms with van der Waals surface area (Å²) in [5.41, 5.74) is 3.02. The lowest BCUT2D eigenvalue weighted by molar-refractivity contribution is 0.101. The molecule has 1 heterocycles. The van der Waals surface area contributed by atoms with Crippen LogP contribution in [-0.2, 0) is 6.61 Å². The predicted molar refractivity (Wildman–Crippen MR) is 112 cm³/mol. The number of Topliss-reactive ketones (excluding diaryl/α,β-unsaturated/α-hetero) is 1. The van der Waals surface area contributed by atoms with Gasteiger partial charge >= 0.3 is 0 Å². The van der Waals surface area contributed by atoms with Crippen LogP contribution in [0.1, 0.15) is 34.0 Å². The van der Waals surface area contributed by atoms with Gasteiger partial charge in [-0.3, -0.25) is 4.79 Å². The standard InChI is InChI=1S/C25H21FO4/c1-3-28-20-10-6-17(7-11-20)13-23-25(27)24-16(2)12-21(14-22(24)30-23)29-15-18-4-8-19(26)9-5-18/h4-14H,3,15H2,1-2H3/b23-13-. The number of halogens is 1. The largest absolute Gasteiger partial charge is 0.494 e. The molecule has 0 amide bonds. The number of allylic oxidation sites excluding steroid dienone is 1. The van der Waals surface area contributed by atoms with Gasteiger partial charge < -0.3 is 14.2 Å². The minimum atomic E-state index is -0.286. The number of hydrogen-bond donors (Lipinski definition) is 0. The van der Waals surface area contributed by atoms with E-state index in [1.54, 1.807) is 24.3 Å². The van der Waals surface area contributed by atoms with Crippen LogP contribution in [-0.4, -0.2) is 12.4 Å². The smallest absolute Gasteiger partial charge is 0.232 e. The average molecular weight is 404 g/mol.